The van der Waals surface area contributed by atoms with E-state index in [1.807, 2.05) is 32.0 Å². The third kappa shape index (κ3) is 2.75. The summed E-state index contributed by atoms with van der Waals surface area (Å²) in [6.45, 7) is 3.71. The van der Waals surface area contributed by atoms with Gasteiger partial charge in [0.25, 0.3) is 5.91 Å². The van der Waals surface area contributed by atoms with E-state index in [4.69, 9.17) is 0 Å². The minimum absolute atomic E-state index is 0.0268. The molecular weight excluding hydrogens is 254 g/mol. The Morgan fingerprint density at radius 2 is 1.90 bits per heavy atom. The zero-order valence-corrected chi connectivity index (χ0v) is 11.6. The maximum absolute atomic E-state index is 12.2. The molecular formula is C16H19NO3. The molecule has 1 atom stereocenters. The quantitative estimate of drug-likeness (QED) is 0.800. The summed E-state index contributed by atoms with van der Waals surface area (Å²) in [5.41, 5.74) is 0.225. The number of hydrogen-bond donors (Lipinski definition) is 3. The van der Waals surface area contributed by atoms with E-state index < -0.39 is 0 Å². The summed E-state index contributed by atoms with van der Waals surface area (Å²) in [6, 6.07) is 10.4. The lowest BCUT2D eigenvalue weighted by atomic mass is 10.0. The van der Waals surface area contributed by atoms with Gasteiger partial charge >= 0.3 is 0 Å². The SMILES string of the molecule is CC(C)C(CO)NC(=O)c1ccc2ccccc2c1O. The molecule has 1 unspecified atom stereocenters. The predicted molar refractivity (Wildman–Crippen MR) is 78.8 cm³/mol. The van der Waals surface area contributed by atoms with Crippen molar-refractivity contribution in [2.24, 2.45) is 5.92 Å². The van der Waals surface area contributed by atoms with Crippen molar-refractivity contribution < 1.29 is 15.0 Å². The lowest BCUT2D eigenvalue weighted by Gasteiger charge is -2.20. The summed E-state index contributed by atoms with van der Waals surface area (Å²) >= 11 is 0. The van der Waals surface area contributed by atoms with Gasteiger partial charge in [0.05, 0.1) is 18.2 Å². The van der Waals surface area contributed by atoms with Crippen LogP contribution in [0.15, 0.2) is 36.4 Å². The molecule has 2 aromatic carbocycles. The predicted octanol–water partition coefficient (Wildman–Crippen LogP) is 2.29. The first-order valence-electron chi connectivity index (χ1n) is 6.67. The number of rotatable bonds is 4. The molecule has 2 rings (SSSR count). The first-order valence-corrected chi connectivity index (χ1v) is 6.67. The topological polar surface area (TPSA) is 69.6 Å². The molecule has 0 saturated carbocycles. The van der Waals surface area contributed by atoms with Crippen LogP contribution >= 0.6 is 0 Å². The van der Waals surface area contributed by atoms with Crippen molar-refractivity contribution in [1.82, 2.24) is 5.32 Å². The Morgan fingerprint density at radius 3 is 2.55 bits per heavy atom. The lowest BCUT2D eigenvalue weighted by molar-refractivity contribution is 0.0894. The fraction of sp³-hybridized carbons (Fsp3) is 0.312. The molecule has 0 radical (unpaired) electrons. The highest BCUT2D eigenvalue weighted by atomic mass is 16.3. The van der Waals surface area contributed by atoms with Crippen molar-refractivity contribution in [3.05, 3.63) is 42.0 Å². The monoisotopic (exact) mass is 273 g/mol. The Hall–Kier alpha value is -2.07. The molecule has 1 amide bonds. The van der Waals surface area contributed by atoms with E-state index in [0.29, 0.717) is 5.39 Å². The molecule has 0 fully saturated rings. The Kier molecular flexibility index (Phi) is 4.25. The average molecular weight is 273 g/mol. The smallest absolute Gasteiger partial charge is 0.255 e. The molecule has 0 spiro atoms. The molecule has 4 heteroatoms. The Balaban J connectivity index is 2.33. The van der Waals surface area contributed by atoms with E-state index >= 15 is 0 Å². The Labute approximate surface area is 118 Å². The van der Waals surface area contributed by atoms with Crippen LogP contribution in [0.4, 0.5) is 0 Å². The van der Waals surface area contributed by atoms with Crippen molar-refractivity contribution in [3.8, 4) is 5.75 Å². The van der Waals surface area contributed by atoms with Gasteiger partial charge in [-0.3, -0.25) is 4.79 Å². The lowest BCUT2D eigenvalue weighted by Crippen LogP contribution is -2.41. The number of hydrogen-bond acceptors (Lipinski definition) is 3. The summed E-state index contributed by atoms with van der Waals surface area (Å²) in [5, 5.41) is 23.7. The minimum Gasteiger partial charge on any atom is -0.506 e. The number of benzene rings is 2. The summed E-state index contributed by atoms with van der Waals surface area (Å²) < 4.78 is 0. The van der Waals surface area contributed by atoms with E-state index in [-0.39, 0.29) is 35.8 Å². The van der Waals surface area contributed by atoms with Crippen LogP contribution in [0.25, 0.3) is 10.8 Å². The number of phenolic OH excluding ortho intramolecular Hbond substituents is 1. The van der Waals surface area contributed by atoms with Gasteiger partial charge in [0.15, 0.2) is 0 Å². The fourth-order valence-electron chi connectivity index (χ4n) is 2.11. The highest BCUT2D eigenvalue weighted by molar-refractivity contribution is 6.03. The molecule has 0 aromatic heterocycles. The highest BCUT2D eigenvalue weighted by Gasteiger charge is 2.19. The normalized spacial score (nSPS) is 12.6. The number of amides is 1. The van der Waals surface area contributed by atoms with Crippen LogP contribution in [0.2, 0.25) is 0 Å². The summed E-state index contributed by atoms with van der Waals surface area (Å²) in [6.07, 6.45) is 0. The van der Waals surface area contributed by atoms with Gasteiger partial charge < -0.3 is 15.5 Å². The molecule has 0 heterocycles. The van der Waals surface area contributed by atoms with Crippen molar-refractivity contribution in [2.45, 2.75) is 19.9 Å². The number of phenols is 1. The van der Waals surface area contributed by atoms with Crippen LogP contribution in [0, 0.1) is 5.92 Å². The maximum atomic E-state index is 12.2. The van der Waals surface area contributed by atoms with E-state index in [1.165, 1.54) is 0 Å². The van der Waals surface area contributed by atoms with Crippen LogP contribution in [0.1, 0.15) is 24.2 Å². The Morgan fingerprint density at radius 1 is 1.20 bits per heavy atom. The van der Waals surface area contributed by atoms with Gasteiger partial charge in [0.2, 0.25) is 0 Å². The number of aliphatic hydroxyl groups excluding tert-OH is 1. The van der Waals surface area contributed by atoms with Gasteiger partial charge in [-0.1, -0.05) is 44.2 Å². The summed E-state index contributed by atoms with van der Waals surface area (Å²) in [7, 11) is 0. The number of aliphatic hydroxyl groups is 1. The van der Waals surface area contributed by atoms with Crippen LogP contribution in [0.3, 0.4) is 0 Å². The molecule has 106 valence electrons. The van der Waals surface area contributed by atoms with Gasteiger partial charge in [-0.15, -0.1) is 0 Å². The molecule has 0 bridgehead atoms. The van der Waals surface area contributed by atoms with Gasteiger partial charge in [0.1, 0.15) is 5.75 Å². The number of fused-ring (bicyclic) bond motifs is 1. The molecule has 0 aliphatic carbocycles. The van der Waals surface area contributed by atoms with Crippen LogP contribution in [0.5, 0.6) is 5.75 Å². The molecule has 20 heavy (non-hydrogen) atoms. The van der Waals surface area contributed by atoms with Crippen LogP contribution in [-0.2, 0) is 0 Å². The average Bonchev–Trinajstić information content (AvgIpc) is 2.44. The number of aromatic hydroxyl groups is 1. The summed E-state index contributed by atoms with van der Waals surface area (Å²) in [4.78, 5) is 12.2. The minimum atomic E-state index is -0.374. The van der Waals surface area contributed by atoms with E-state index in [1.54, 1.807) is 18.2 Å². The van der Waals surface area contributed by atoms with Crippen LogP contribution in [-0.4, -0.2) is 28.8 Å². The summed E-state index contributed by atoms with van der Waals surface area (Å²) in [5.74, 6) is -0.284. The number of nitrogens with one attached hydrogen (secondary N) is 1. The molecule has 3 N–H and O–H groups in total. The van der Waals surface area contributed by atoms with Crippen molar-refractivity contribution in [3.63, 3.8) is 0 Å². The van der Waals surface area contributed by atoms with Crippen molar-refractivity contribution in [2.75, 3.05) is 6.61 Å². The molecule has 0 aliphatic heterocycles. The van der Waals surface area contributed by atoms with E-state index in [2.05, 4.69) is 5.32 Å². The van der Waals surface area contributed by atoms with Gasteiger partial charge in [0, 0.05) is 5.39 Å². The largest absolute Gasteiger partial charge is 0.506 e. The zero-order valence-electron chi connectivity index (χ0n) is 11.6. The second kappa shape index (κ2) is 5.92. The third-order valence-corrected chi connectivity index (χ3v) is 3.46. The number of carbonyl (C=O) groups excluding carboxylic acids is 1. The second-order valence-corrected chi connectivity index (χ2v) is 5.19. The number of carbonyl (C=O) groups is 1. The highest BCUT2D eigenvalue weighted by Crippen LogP contribution is 2.28. The molecule has 0 saturated heterocycles. The van der Waals surface area contributed by atoms with Gasteiger partial charge in [-0.05, 0) is 17.4 Å². The molecule has 2 aromatic rings. The first kappa shape index (κ1) is 14.3. The molecule has 4 nitrogen and oxygen atoms in total. The van der Waals surface area contributed by atoms with Gasteiger partial charge in [-0.2, -0.15) is 0 Å². The zero-order chi connectivity index (χ0) is 14.7. The van der Waals surface area contributed by atoms with Gasteiger partial charge in [-0.25, -0.2) is 0 Å². The van der Waals surface area contributed by atoms with E-state index in [9.17, 15) is 15.0 Å². The van der Waals surface area contributed by atoms with Crippen molar-refractivity contribution in [1.29, 1.82) is 0 Å². The third-order valence-electron chi connectivity index (χ3n) is 3.46. The maximum Gasteiger partial charge on any atom is 0.255 e. The first-order chi connectivity index (χ1) is 9.54. The fourth-order valence-corrected chi connectivity index (χ4v) is 2.11. The standard InChI is InChI=1S/C16H19NO3/c1-10(2)14(9-18)17-16(20)13-8-7-11-5-3-4-6-12(11)15(13)19/h3-8,10,14,18-19H,9H2,1-2H3,(H,17,20). The molecule has 0 aliphatic rings. The van der Waals surface area contributed by atoms with Crippen molar-refractivity contribution >= 4 is 16.7 Å². The Bertz CT molecular complexity index is 622. The second-order valence-electron chi connectivity index (χ2n) is 5.19. The van der Waals surface area contributed by atoms with Crippen LogP contribution < -0.4 is 5.32 Å². The van der Waals surface area contributed by atoms with E-state index in [0.717, 1.165) is 5.39 Å².